The van der Waals surface area contributed by atoms with Crippen LogP contribution < -0.4 is 5.32 Å². The molecule has 1 fully saturated rings. The maximum Gasteiger partial charge on any atom is 0.258 e. The van der Waals surface area contributed by atoms with Gasteiger partial charge < -0.3 is 10.2 Å². The van der Waals surface area contributed by atoms with Crippen LogP contribution in [0.3, 0.4) is 0 Å². The molecule has 0 bridgehead atoms. The fraction of sp³-hybridized carbons (Fsp3) is 0.320. The molecule has 0 aliphatic carbocycles. The molecule has 4 heterocycles. The molecule has 2 amide bonds. The number of carbonyl (C=O) groups excluding carboxylic acids is 2. The number of thioether (sulfide) groups is 1. The topological polar surface area (TPSA) is 66.7 Å². The number of nitrogens with one attached hydrogen (secondary N) is 1. The van der Waals surface area contributed by atoms with Crippen LogP contribution >= 0.6 is 35.8 Å². The third-order valence-corrected chi connectivity index (χ3v) is 7.76. The maximum absolute atomic E-state index is 14.1. The Bertz CT molecular complexity index is 1270. The van der Waals surface area contributed by atoms with Crippen molar-refractivity contribution in [3.63, 3.8) is 0 Å². The molecule has 1 saturated heterocycles. The van der Waals surface area contributed by atoms with Crippen LogP contribution in [-0.4, -0.2) is 45.7 Å². The number of benzene rings is 1. The molecule has 0 unspecified atom stereocenters. The molecular formula is C25H25Cl2FN4O2S. The molecule has 2 aliphatic rings. The number of nitrogens with zero attached hydrogens (tertiary/aromatic N) is 3. The van der Waals surface area contributed by atoms with Crippen LogP contribution in [0, 0.1) is 11.7 Å². The van der Waals surface area contributed by atoms with E-state index in [1.807, 2.05) is 28.7 Å². The summed E-state index contributed by atoms with van der Waals surface area (Å²) in [6, 6.07) is 10.2. The van der Waals surface area contributed by atoms with Crippen molar-refractivity contribution < 1.29 is 14.0 Å². The number of aromatic nitrogens is 2. The van der Waals surface area contributed by atoms with E-state index in [0.29, 0.717) is 30.5 Å². The first-order valence-electron chi connectivity index (χ1n) is 11.4. The number of imidazole rings is 1. The fourth-order valence-corrected chi connectivity index (χ4v) is 5.81. The summed E-state index contributed by atoms with van der Waals surface area (Å²) in [6.07, 6.45) is 7.22. The molecule has 2 aromatic heterocycles. The first-order valence-corrected chi connectivity index (χ1v) is 12.6. The Morgan fingerprint density at radius 3 is 2.71 bits per heavy atom. The quantitative estimate of drug-likeness (QED) is 0.427. The lowest BCUT2D eigenvalue weighted by Gasteiger charge is -2.32. The van der Waals surface area contributed by atoms with Gasteiger partial charge in [-0.25, -0.2) is 9.37 Å². The summed E-state index contributed by atoms with van der Waals surface area (Å²) < 4.78 is 16.1. The highest BCUT2D eigenvalue weighted by Crippen LogP contribution is 2.34. The number of rotatable bonds is 6. The lowest BCUT2D eigenvalue weighted by atomic mass is 9.92. The normalized spacial score (nSPS) is 15.5. The van der Waals surface area contributed by atoms with Crippen LogP contribution in [0.15, 0.2) is 52.5 Å². The highest BCUT2D eigenvalue weighted by molar-refractivity contribution is 8.04. The summed E-state index contributed by atoms with van der Waals surface area (Å²) >= 11 is 7.50. The van der Waals surface area contributed by atoms with Gasteiger partial charge in [0.25, 0.3) is 11.8 Å². The van der Waals surface area contributed by atoms with Crippen molar-refractivity contribution in [1.82, 2.24) is 19.6 Å². The Kier molecular flexibility index (Phi) is 8.04. The standard InChI is InChI=1S/C25H24ClFN4O2S.ClH/c26-18-5-1-6-19(27)23(18)25(33)30-12-9-16(10-13-30)4-3-11-28-24(32)20-14-17-15-29-21-7-2-8-22(34-20)31(17)21;/h1-2,5-8,14-16H,3-4,9-13H2,(H,28,32);1H. The number of piperidine rings is 1. The predicted octanol–water partition coefficient (Wildman–Crippen LogP) is 5.44. The summed E-state index contributed by atoms with van der Waals surface area (Å²) in [4.78, 5) is 32.1. The van der Waals surface area contributed by atoms with E-state index >= 15 is 0 Å². The smallest absolute Gasteiger partial charge is 0.258 e. The minimum Gasteiger partial charge on any atom is -0.352 e. The average molecular weight is 535 g/mol. The minimum atomic E-state index is -0.581. The molecule has 1 N–H and O–H groups in total. The van der Waals surface area contributed by atoms with E-state index in [-0.39, 0.29) is 34.8 Å². The van der Waals surface area contributed by atoms with Gasteiger partial charge in [0.1, 0.15) is 11.5 Å². The van der Waals surface area contributed by atoms with E-state index in [4.69, 9.17) is 11.6 Å². The summed E-state index contributed by atoms with van der Waals surface area (Å²) in [7, 11) is 0. The van der Waals surface area contributed by atoms with E-state index in [1.165, 1.54) is 30.0 Å². The van der Waals surface area contributed by atoms with Crippen molar-refractivity contribution in [2.24, 2.45) is 5.92 Å². The highest BCUT2D eigenvalue weighted by Gasteiger charge is 2.27. The van der Waals surface area contributed by atoms with Crippen LogP contribution in [0.25, 0.3) is 11.7 Å². The number of hydrogen-bond donors (Lipinski definition) is 1. The van der Waals surface area contributed by atoms with Gasteiger partial charge in [-0.05, 0) is 61.9 Å². The number of pyridine rings is 1. The molecule has 0 saturated carbocycles. The molecule has 0 spiro atoms. The molecule has 35 heavy (non-hydrogen) atoms. The molecule has 0 radical (unpaired) electrons. The second-order valence-corrected chi connectivity index (χ2v) is 10.1. The van der Waals surface area contributed by atoms with Crippen molar-refractivity contribution in [2.45, 2.75) is 30.7 Å². The zero-order chi connectivity index (χ0) is 23.7. The Morgan fingerprint density at radius 1 is 1.17 bits per heavy atom. The van der Waals surface area contributed by atoms with Gasteiger partial charge in [-0.2, -0.15) is 0 Å². The van der Waals surface area contributed by atoms with Gasteiger partial charge in [-0.3, -0.25) is 14.0 Å². The van der Waals surface area contributed by atoms with Gasteiger partial charge in [-0.1, -0.05) is 35.5 Å². The van der Waals surface area contributed by atoms with Crippen molar-refractivity contribution in [3.05, 3.63) is 69.6 Å². The third-order valence-electron chi connectivity index (χ3n) is 6.39. The predicted molar refractivity (Wildman–Crippen MR) is 139 cm³/mol. The lowest BCUT2D eigenvalue weighted by Crippen LogP contribution is -2.39. The molecule has 1 aromatic carbocycles. The third kappa shape index (κ3) is 5.34. The summed E-state index contributed by atoms with van der Waals surface area (Å²) in [5, 5.41) is 4.16. The fourth-order valence-electron chi connectivity index (χ4n) is 4.56. The van der Waals surface area contributed by atoms with Gasteiger partial charge >= 0.3 is 0 Å². The lowest BCUT2D eigenvalue weighted by molar-refractivity contribution is -0.116. The van der Waals surface area contributed by atoms with Crippen molar-refractivity contribution >= 4 is 59.3 Å². The molecule has 2 aliphatic heterocycles. The van der Waals surface area contributed by atoms with Crippen LogP contribution in [0.2, 0.25) is 5.02 Å². The van der Waals surface area contributed by atoms with E-state index in [2.05, 4.69) is 10.3 Å². The minimum absolute atomic E-state index is 0. The van der Waals surface area contributed by atoms with Crippen LogP contribution in [-0.2, 0) is 4.79 Å². The van der Waals surface area contributed by atoms with Crippen molar-refractivity contribution in [2.75, 3.05) is 19.6 Å². The molecule has 6 nitrogen and oxygen atoms in total. The molecule has 3 aromatic rings. The number of likely N-dealkylation sites (tertiary alicyclic amines) is 1. The van der Waals surface area contributed by atoms with Crippen molar-refractivity contribution in [3.8, 4) is 0 Å². The first kappa shape index (κ1) is 25.5. The first-order chi connectivity index (χ1) is 16.5. The van der Waals surface area contributed by atoms with Gasteiger partial charge in [0, 0.05) is 19.6 Å². The van der Waals surface area contributed by atoms with Gasteiger partial charge in [0.05, 0.1) is 32.4 Å². The van der Waals surface area contributed by atoms with Crippen LogP contribution in [0.1, 0.15) is 41.7 Å². The number of hydrogen-bond acceptors (Lipinski definition) is 4. The second-order valence-electron chi connectivity index (χ2n) is 8.58. The second kappa shape index (κ2) is 11.0. The molecule has 10 heteroatoms. The van der Waals surface area contributed by atoms with E-state index < -0.39 is 5.82 Å². The van der Waals surface area contributed by atoms with Gasteiger partial charge in [0.2, 0.25) is 0 Å². The monoisotopic (exact) mass is 534 g/mol. The Labute approximate surface area is 218 Å². The van der Waals surface area contributed by atoms with E-state index in [1.54, 1.807) is 11.1 Å². The Balaban J connectivity index is 0.00000289. The number of halogens is 3. The zero-order valence-corrected chi connectivity index (χ0v) is 21.3. The summed E-state index contributed by atoms with van der Waals surface area (Å²) in [5.41, 5.74) is 1.74. The zero-order valence-electron chi connectivity index (χ0n) is 18.9. The molecule has 5 rings (SSSR count). The Hall–Kier alpha value is -2.55. The maximum atomic E-state index is 14.1. The largest absolute Gasteiger partial charge is 0.352 e. The SMILES string of the molecule is Cl.O=C(NCCCC1CCN(C(=O)c2c(F)cccc2Cl)CC1)C1=Cc2cnc3cccc(n23)S1. The van der Waals surface area contributed by atoms with Gasteiger partial charge in [-0.15, -0.1) is 12.4 Å². The summed E-state index contributed by atoms with van der Waals surface area (Å²) in [6.45, 7) is 1.77. The molecule has 0 atom stereocenters. The molecule has 184 valence electrons. The van der Waals surface area contributed by atoms with E-state index in [9.17, 15) is 14.0 Å². The molecular weight excluding hydrogens is 510 g/mol. The van der Waals surface area contributed by atoms with Crippen LogP contribution in [0.5, 0.6) is 0 Å². The van der Waals surface area contributed by atoms with Crippen LogP contribution in [0.4, 0.5) is 4.39 Å². The van der Waals surface area contributed by atoms with Crippen molar-refractivity contribution in [1.29, 1.82) is 0 Å². The highest BCUT2D eigenvalue weighted by atomic mass is 35.5. The van der Waals surface area contributed by atoms with Gasteiger partial charge in [0.15, 0.2) is 0 Å². The Morgan fingerprint density at radius 2 is 1.94 bits per heavy atom. The van der Waals surface area contributed by atoms with E-state index in [0.717, 1.165) is 42.1 Å². The summed E-state index contributed by atoms with van der Waals surface area (Å²) in [5.74, 6) is -0.518. The number of amides is 2. The average Bonchev–Trinajstić information content (AvgIpc) is 3.26. The number of carbonyl (C=O) groups is 2.